The molecule has 0 aliphatic heterocycles. The molecule has 0 saturated carbocycles. The molecule has 2 rings (SSSR count). The third-order valence-electron chi connectivity index (χ3n) is 4.45. The van der Waals surface area contributed by atoms with Crippen LogP contribution in [0, 0.1) is 0 Å². The summed E-state index contributed by atoms with van der Waals surface area (Å²) in [5.41, 5.74) is 3.40. The number of nitrogens with one attached hydrogen (secondary N) is 1. The van der Waals surface area contributed by atoms with E-state index in [1.54, 1.807) is 0 Å². The maximum Gasteiger partial charge on any atom is 0.119 e. The number of hydrogen-bond acceptors (Lipinski definition) is 5. The fraction of sp³-hybridized carbons (Fsp3) is 0.333. The quantitative estimate of drug-likeness (QED) is 0.113. The SMILES string of the molecule is CNc1ccc(/C=C/C=C/C=C/c2ccc(OCCOCCOCCOCC[125I])cc2)cc1. The highest BCUT2D eigenvalue weighted by Crippen LogP contribution is 2.13. The molecular weight excluding hydrogens is 527 g/mol. The van der Waals surface area contributed by atoms with Crippen LogP contribution in [0.4, 0.5) is 5.69 Å². The van der Waals surface area contributed by atoms with Crippen molar-refractivity contribution < 1.29 is 18.9 Å². The van der Waals surface area contributed by atoms with Crippen LogP contribution in [0.1, 0.15) is 11.1 Å². The van der Waals surface area contributed by atoms with Gasteiger partial charge in [0.15, 0.2) is 0 Å². The molecule has 0 bridgehead atoms. The second-order valence-corrected chi connectivity index (χ2v) is 8.00. The number of hydrogen-bond donors (Lipinski definition) is 1. The van der Waals surface area contributed by atoms with Crippen LogP contribution in [-0.4, -0.2) is 57.7 Å². The lowest BCUT2D eigenvalue weighted by atomic mass is 10.2. The Morgan fingerprint density at radius 2 is 1.12 bits per heavy atom. The topological polar surface area (TPSA) is 49.0 Å². The van der Waals surface area contributed by atoms with E-state index >= 15 is 0 Å². The molecule has 178 valence electrons. The van der Waals surface area contributed by atoms with Crippen LogP contribution < -0.4 is 10.1 Å². The molecule has 2 aromatic carbocycles. The molecule has 0 fully saturated rings. The maximum absolute atomic E-state index is 5.71. The molecule has 2 aromatic rings. The van der Waals surface area contributed by atoms with E-state index in [4.69, 9.17) is 18.9 Å². The average molecular weight is 561 g/mol. The summed E-state index contributed by atoms with van der Waals surface area (Å²) >= 11 is 2.29. The summed E-state index contributed by atoms with van der Waals surface area (Å²) in [6.07, 6.45) is 12.2. The zero-order valence-electron chi connectivity index (χ0n) is 19.3. The average Bonchev–Trinajstić information content (AvgIpc) is 2.86. The van der Waals surface area contributed by atoms with E-state index in [0.29, 0.717) is 39.6 Å². The summed E-state index contributed by atoms with van der Waals surface area (Å²) in [5.74, 6) is 0.835. The molecule has 0 saturated heterocycles. The van der Waals surface area contributed by atoms with Gasteiger partial charge in [0.05, 0.1) is 39.6 Å². The second-order valence-electron chi connectivity index (χ2n) is 6.92. The number of anilines is 1. The first-order valence-electron chi connectivity index (χ1n) is 11.1. The Hall–Kier alpha value is -2.13. The molecule has 0 amide bonds. The molecule has 0 spiro atoms. The minimum absolute atomic E-state index is 0.515. The van der Waals surface area contributed by atoms with Gasteiger partial charge in [-0.05, 0) is 35.4 Å². The molecule has 1 N–H and O–H groups in total. The number of allylic oxidation sites excluding steroid dienone is 4. The zero-order valence-corrected chi connectivity index (χ0v) is 21.4. The lowest BCUT2D eigenvalue weighted by Crippen LogP contribution is -2.13. The molecule has 0 atom stereocenters. The monoisotopic (exact) mass is 561 g/mol. The predicted molar refractivity (Wildman–Crippen MR) is 146 cm³/mol. The summed E-state index contributed by atoms with van der Waals surface area (Å²) in [6.45, 7) is 4.20. The number of benzene rings is 2. The van der Waals surface area contributed by atoms with Crippen LogP contribution in [0.25, 0.3) is 12.2 Å². The van der Waals surface area contributed by atoms with Crippen molar-refractivity contribution >= 4 is 40.4 Å². The van der Waals surface area contributed by atoms with Crippen LogP contribution >= 0.6 is 22.6 Å². The van der Waals surface area contributed by atoms with Crippen molar-refractivity contribution in [2.75, 3.05) is 63.0 Å². The van der Waals surface area contributed by atoms with E-state index in [-0.39, 0.29) is 0 Å². The Labute approximate surface area is 211 Å². The third kappa shape index (κ3) is 13.2. The highest BCUT2D eigenvalue weighted by Gasteiger charge is 1.95. The van der Waals surface area contributed by atoms with Crippen LogP contribution in [-0.2, 0) is 14.2 Å². The smallest absolute Gasteiger partial charge is 0.119 e. The Morgan fingerprint density at radius 3 is 1.64 bits per heavy atom. The van der Waals surface area contributed by atoms with Crippen molar-refractivity contribution in [1.29, 1.82) is 0 Å². The van der Waals surface area contributed by atoms with Gasteiger partial charge in [-0.1, -0.05) is 83.3 Å². The highest BCUT2D eigenvalue weighted by molar-refractivity contribution is 14.1. The summed E-state index contributed by atoms with van der Waals surface area (Å²) in [7, 11) is 1.92. The Bertz CT molecular complexity index is 832. The lowest BCUT2D eigenvalue weighted by molar-refractivity contribution is 0.0120. The minimum atomic E-state index is 0.515. The van der Waals surface area contributed by atoms with Crippen LogP contribution in [0.15, 0.2) is 72.8 Å². The third-order valence-corrected chi connectivity index (χ3v) is 4.89. The van der Waals surface area contributed by atoms with Gasteiger partial charge in [-0.3, -0.25) is 0 Å². The minimum Gasteiger partial charge on any atom is -0.491 e. The fourth-order valence-electron chi connectivity index (χ4n) is 2.71. The molecule has 33 heavy (non-hydrogen) atoms. The molecule has 5 nitrogen and oxygen atoms in total. The van der Waals surface area contributed by atoms with Gasteiger partial charge in [0, 0.05) is 17.2 Å². The number of alkyl halides is 1. The Morgan fingerprint density at radius 1 is 0.636 bits per heavy atom. The summed E-state index contributed by atoms with van der Waals surface area (Å²) in [6, 6.07) is 16.3. The van der Waals surface area contributed by atoms with E-state index in [0.717, 1.165) is 28.0 Å². The van der Waals surface area contributed by atoms with Gasteiger partial charge >= 0.3 is 0 Å². The highest BCUT2D eigenvalue weighted by atomic mass is 125. The van der Waals surface area contributed by atoms with Gasteiger partial charge < -0.3 is 24.3 Å². The molecule has 0 aromatic heterocycles. The zero-order chi connectivity index (χ0) is 23.4. The van der Waals surface area contributed by atoms with Crippen LogP contribution in [0.2, 0.25) is 0 Å². The largest absolute Gasteiger partial charge is 0.491 e. The second kappa shape index (κ2) is 18.3. The summed E-state index contributed by atoms with van der Waals surface area (Å²) < 4.78 is 23.0. The van der Waals surface area contributed by atoms with Crippen molar-refractivity contribution in [1.82, 2.24) is 0 Å². The maximum atomic E-state index is 5.71. The Kier molecular flexibility index (Phi) is 15.0. The molecule has 0 radical (unpaired) electrons. The molecule has 0 aliphatic carbocycles. The summed E-state index contributed by atoms with van der Waals surface area (Å²) in [5, 5.41) is 3.12. The van der Waals surface area contributed by atoms with Gasteiger partial charge in [0.1, 0.15) is 12.4 Å². The first-order chi connectivity index (χ1) is 16.3. The van der Waals surface area contributed by atoms with Gasteiger partial charge in [0.25, 0.3) is 0 Å². The standard InChI is InChI=1S/C27H34INO4/c1-29-26-12-8-24(9-13-26)6-4-2-3-5-7-25-10-14-27(15-11-25)33-23-22-32-21-20-31-19-18-30-17-16-28/h2-15,29H,16-23H2,1H3/b3-2+,6-4+,7-5+/i28-2. The molecule has 0 heterocycles. The number of halogens is 1. The van der Waals surface area contributed by atoms with Gasteiger partial charge in [0.2, 0.25) is 0 Å². The van der Waals surface area contributed by atoms with Crippen molar-refractivity contribution in [3.63, 3.8) is 0 Å². The van der Waals surface area contributed by atoms with E-state index in [9.17, 15) is 0 Å². The first-order valence-corrected chi connectivity index (χ1v) is 12.7. The van der Waals surface area contributed by atoms with Crippen LogP contribution in [0.3, 0.4) is 0 Å². The molecular formula is C27H34INO4. The lowest BCUT2D eigenvalue weighted by Gasteiger charge is -2.08. The number of ether oxygens (including phenoxy) is 4. The van der Waals surface area contributed by atoms with E-state index in [1.165, 1.54) is 5.56 Å². The van der Waals surface area contributed by atoms with Crippen LogP contribution in [0.5, 0.6) is 5.75 Å². The van der Waals surface area contributed by atoms with E-state index < -0.39 is 0 Å². The van der Waals surface area contributed by atoms with Crippen molar-refractivity contribution in [2.45, 2.75) is 0 Å². The molecule has 0 aliphatic rings. The number of rotatable bonds is 17. The van der Waals surface area contributed by atoms with Crippen molar-refractivity contribution in [3.05, 3.63) is 84.0 Å². The van der Waals surface area contributed by atoms with Gasteiger partial charge in [-0.2, -0.15) is 0 Å². The predicted octanol–water partition coefficient (Wildman–Crippen LogP) is 5.87. The molecule has 0 unspecified atom stereocenters. The van der Waals surface area contributed by atoms with Gasteiger partial charge in [-0.25, -0.2) is 0 Å². The van der Waals surface area contributed by atoms with E-state index in [2.05, 4.69) is 64.3 Å². The fourth-order valence-corrected chi connectivity index (χ4v) is 3.02. The summed E-state index contributed by atoms with van der Waals surface area (Å²) in [4.78, 5) is 0. The van der Waals surface area contributed by atoms with Crippen molar-refractivity contribution in [3.8, 4) is 5.75 Å². The van der Waals surface area contributed by atoms with Crippen molar-refractivity contribution in [2.24, 2.45) is 0 Å². The Balaban J connectivity index is 1.55. The molecule has 6 heteroatoms. The normalized spacial score (nSPS) is 11.7. The van der Waals surface area contributed by atoms with Gasteiger partial charge in [-0.15, -0.1) is 0 Å². The van der Waals surface area contributed by atoms with E-state index in [1.807, 2.05) is 55.6 Å². The first kappa shape index (κ1) is 27.1.